The Kier molecular flexibility index (Phi) is 4.01. The van der Waals surface area contributed by atoms with Gasteiger partial charge in [0.2, 0.25) is 0 Å². The van der Waals surface area contributed by atoms with Crippen LogP contribution in [0.2, 0.25) is 0 Å². The number of methoxy groups -OCH3 is 1. The first-order valence-corrected chi connectivity index (χ1v) is 4.95. The molecule has 14 heavy (non-hydrogen) atoms. The van der Waals surface area contributed by atoms with Crippen LogP contribution in [0.3, 0.4) is 0 Å². The third-order valence-electron chi connectivity index (χ3n) is 2.52. The SMILES string of the molecule is COCc1nccnc1C(C)C(C)C. The van der Waals surface area contributed by atoms with Gasteiger partial charge in [-0.1, -0.05) is 20.8 Å². The zero-order valence-corrected chi connectivity index (χ0v) is 9.32. The maximum atomic E-state index is 5.10. The van der Waals surface area contributed by atoms with E-state index in [9.17, 15) is 0 Å². The van der Waals surface area contributed by atoms with Gasteiger partial charge in [0.15, 0.2) is 0 Å². The maximum Gasteiger partial charge on any atom is 0.0902 e. The standard InChI is InChI=1S/C11H18N2O/c1-8(2)9(3)11-10(7-14-4)12-5-6-13-11/h5-6,8-9H,7H2,1-4H3. The minimum atomic E-state index is 0.425. The molecule has 1 rings (SSSR count). The van der Waals surface area contributed by atoms with Crippen LogP contribution in [0.4, 0.5) is 0 Å². The van der Waals surface area contributed by atoms with Crippen LogP contribution in [0.15, 0.2) is 12.4 Å². The van der Waals surface area contributed by atoms with Gasteiger partial charge in [-0.2, -0.15) is 0 Å². The summed E-state index contributed by atoms with van der Waals surface area (Å²) in [5.74, 6) is 0.996. The molecular weight excluding hydrogens is 176 g/mol. The van der Waals surface area contributed by atoms with Crippen molar-refractivity contribution < 1.29 is 4.74 Å². The van der Waals surface area contributed by atoms with Crippen molar-refractivity contribution in [1.82, 2.24) is 9.97 Å². The molecule has 0 saturated carbocycles. The average molecular weight is 194 g/mol. The molecule has 0 aliphatic heterocycles. The molecule has 0 radical (unpaired) electrons. The van der Waals surface area contributed by atoms with Crippen LogP contribution in [-0.2, 0) is 11.3 Å². The smallest absolute Gasteiger partial charge is 0.0902 e. The molecule has 0 N–H and O–H groups in total. The predicted molar refractivity (Wildman–Crippen MR) is 56.0 cm³/mol. The second-order valence-corrected chi connectivity index (χ2v) is 3.85. The fourth-order valence-electron chi connectivity index (χ4n) is 1.32. The molecule has 1 heterocycles. The third-order valence-corrected chi connectivity index (χ3v) is 2.52. The molecule has 3 heteroatoms. The van der Waals surface area contributed by atoms with E-state index in [1.54, 1.807) is 19.5 Å². The number of hydrogen-bond donors (Lipinski definition) is 0. The van der Waals surface area contributed by atoms with Crippen molar-refractivity contribution in [3.63, 3.8) is 0 Å². The van der Waals surface area contributed by atoms with Gasteiger partial charge < -0.3 is 4.74 Å². The van der Waals surface area contributed by atoms with Crippen LogP contribution in [0.5, 0.6) is 0 Å². The lowest BCUT2D eigenvalue weighted by molar-refractivity contribution is 0.179. The summed E-state index contributed by atoms with van der Waals surface area (Å²) >= 11 is 0. The lowest BCUT2D eigenvalue weighted by atomic mass is 9.93. The van der Waals surface area contributed by atoms with Crippen LogP contribution in [0, 0.1) is 5.92 Å². The van der Waals surface area contributed by atoms with E-state index in [2.05, 4.69) is 30.7 Å². The average Bonchev–Trinajstić information content (AvgIpc) is 2.18. The molecule has 1 unspecified atom stereocenters. The lowest BCUT2D eigenvalue weighted by Crippen LogP contribution is -2.10. The predicted octanol–water partition coefficient (Wildman–Crippen LogP) is 2.38. The van der Waals surface area contributed by atoms with E-state index in [4.69, 9.17) is 4.74 Å². The van der Waals surface area contributed by atoms with Gasteiger partial charge in [0.1, 0.15) is 0 Å². The van der Waals surface area contributed by atoms with Crippen LogP contribution in [0.1, 0.15) is 38.1 Å². The Morgan fingerprint density at radius 1 is 1.21 bits per heavy atom. The van der Waals surface area contributed by atoms with Crippen molar-refractivity contribution >= 4 is 0 Å². The van der Waals surface area contributed by atoms with Crippen LogP contribution in [-0.4, -0.2) is 17.1 Å². The van der Waals surface area contributed by atoms with E-state index in [1.165, 1.54) is 0 Å². The van der Waals surface area contributed by atoms with E-state index in [1.807, 2.05) is 0 Å². The van der Waals surface area contributed by atoms with Crippen molar-refractivity contribution in [3.8, 4) is 0 Å². The van der Waals surface area contributed by atoms with Gasteiger partial charge in [-0.25, -0.2) is 0 Å². The van der Waals surface area contributed by atoms with Gasteiger partial charge in [0.05, 0.1) is 18.0 Å². The van der Waals surface area contributed by atoms with Crippen LogP contribution in [0.25, 0.3) is 0 Å². The molecule has 0 aliphatic rings. The quantitative estimate of drug-likeness (QED) is 0.738. The van der Waals surface area contributed by atoms with Crippen molar-refractivity contribution in [2.45, 2.75) is 33.3 Å². The summed E-state index contributed by atoms with van der Waals surface area (Å²) in [6.45, 7) is 7.10. The summed E-state index contributed by atoms with van der Waals surface area (Å²) in [6, 6.07) is 0. The monoisotopic (exact) mass is 194 g/mol. The first-order valence-electron chi connectivity index (χ1n) is 4.95. The summed E-state index contributed by atoms with van der Waals surface area (Å²) in [7, 11) is 1.68. The summed E-state index contributed by atoms with van der Waals surface area (Å²) in [5.41, 5.74) is 2.01. The van der Waals surface area contributed by atoms with E-state index in [0.29, 0.717) is 18.4 Å². The molecule has 1 aromatic heterocycles. The summed E-state index contributed by atoms with van der Waals surface area (Å²) in [4.78, 5) is 8.66. The molecule has 0 aromatic carbocycles. The second kappa shape index (κ2) is 5.05. The normalized spacial score (nSPS) is 13.2. The molecule has 1 atom stereocenters. The molecule has 0 bridgehead atoms. The molecule has 78 valence electrons. The molecule has 3 nitrogen and oxygen atoms in total. The second-order valence-electron chi connectivity index (χ2n) is 3.85. The first-order chi connectivity index (χ1) is 6.66. The highest BCUT2D eigenvalue weighted by atomic mass is 16.5. The highest BCUT2D eigenvalue weighted by Gasteiger charge is 2.15. The van der Waals surface area contributed by atoms with E-state index in [0.717, 1.165) is 11.4 Å². The minimum absolute atomic E-state index is 0.425. The van der Waals surface area contributed by atoms with Crippen LogP contribution >= 0.6 is 0 Å². The molecular formula is C11H18N2O. The Morgan fingerprint density at radius 3 is 2.43 bits per heavy atom. The fraction of sp³-hybridized carbons (Fsp3) is 0.636. The first kappa shape index (κ1) is 11.1. The minimum Gasteiger partial charge on any atom is -0.378 e. The topological polar surface area (TPSA) is 35.0 Å². The van der Waals surface area contributed by atoms with Gasteiger partial charge in [-0.3, -0.25) is 9.97 Å². The van der Waals surface area contributed by atoms with Crippen molar-refractivity contribution in [1.29, 1.82) is 0 Å². The molecule has 0 aliphatic carbocycles. The molecule has 0 amide bonds. The highest BCUT2D eigenvalue weighted by Crippen LogP contribution is 2.23. The molecule has 0 fully saturated rings. The van der Waals surface area contributed by atoms with E-state index < -0.39 is 0 Å². The number of nitrogens with zero attached hydrogens (tertiary/aromatic N) is 2. The zero-order valence-electron chi connectivity index (χ0n) is 9.32. The molecule has 0 saturated heterocycles. The van der Waals surface area contributed by atoms with Gasteiger partial charge in [0, 0.05) is 25.4 Å². The largest absolute Gasteiger partial charge is 0.378 e. The van der Waals surface area contributed by atoms with Gasteiger partial charge in [0.25, 0.3) is 0 Å². The van der Waals surface area contributed by atoms with Gasteiger partial charge in [-0.05, 0) is 5.92 Å². The number of aromatic nitrogens is 2. The van der Waals surface area contributed by atoms with Gasteiger partial charge in [-0.15, -0.1) is 0 Å². The van der Waals surface area contributed by atoms with Crippen molar-refractivity contribution in [2.24, 2.45) is 5.92 Å². The van der Waals surface area contributed by atoms with Gasteiger partial charge >= 0.3 is 0 Å². The zero-order chi connectivity index (χ0) is 10.6. The molecule has 0 spiro atoms. The van der Waals surface area contributed by atoms with Crippen molar-refractivity contribution in [2.75, 3.05) is 7.11 Å². The Morgan fingerprint density at radius 2 is 1.86 bits per heavy atom. The number of rotatable bonds is 4. The Balaban J connectivity index is 2.94. The number of hydrogen-bond acceptors (Lipinski definition) is 3. The maximum absolute atomic E-state index is 5.10. The van der Waals surface area contributed by atoms with E-state index in [-0.39, 0.29) is 0 Å². The fourth-order valence-corrected chi connectivity index (χ4v) is 1.32. The Hall–Kier alpha value is -0.960. The third kappa shape index (κ3) is 2.51. The highest BCUT2D eigenvalue weighted by molar-refractivity contribution is 5.14. The summed E-state index contributed by atoms with van der Waals surface area (Å²) < 4.78 is 5.10. The lowest BCUT2D eigenvalue weighted by Gasteiger charge is -2.17. The summed E-state index contributed by atoms with van der Waals surface area (Å²) in [5, 5.41) is 0. The van der Waals surface area contributed by atoms with Crippen molar-refractivity contribution in [3.05, 3.63) is 23.8 Å². The Bertz CT molecular complexity index is 286. The molecule has 1 aromatic rings. The summed E-state index contributed by atoms with van der Waals surface area (Å²) in [6.07, 6.45) is 3.46. The number of ether oxygens (including phenoxy) is 1. The Labute approximate surface area is 85.5 Å². The van der Waals surface area contributed by atoms with E-state index >= 15 is 0 Å². The van der Waals surface area contributed by atoms with Crippen LogP contribution < -0.4 is 0 Å².